The first-order chi connectivity index (χ1) is 8.27. The predicted molar refractivity (Wildman–Crippen MR) is 63.4 cm³/mol. The van der Waals surface area contributed by atoms with Crippen molar-refractivity contribution in [3.63, 3.8) is 0 Å². The molecule has 3 aromatic rings. The SMILES string of the molecule is O=C(c1ccco1)c1sc2ncccc2c1O. The second-order valence-corrected chi connectivity index (χ2v) is 4.44. The average molecular weight is 245 g/mol. The molecule has 0 amide bonds. The lowest BCUT2D eigenvalue weighted by atomic mass is 10.2. The maximum atomic E-state index is 12.0. The van der Waals surface area contributed by atoms with Crippen LogP contribution in [0, 0.1) is 0 Å². The molecule has 0 atom stereocenters. The van der Waals surface area contributed by atoms with Gasteiger partial charge in [0.15, 0.2) is 5.76 Å². The third-order valence-corrected chi connectivity index (χ3v) is 3.49. The number of hydrogen-bond acceptors (Lipinski definition) is 5. The van der Waals surface area contributed by atoms with Crippen molar-refractivity contribution >= 4 is 27.3 Å². The smallest absolute Gasteiger partial charge is 0.241 e. The molecule has 17 heavy (non-hydrogen) atoms. The van der Waals surface area contributed by atoms with Gasteiger partial charge in [-0.2, -0.15) is 0 Å². The zero-order chi connectivity index (χ0) is 11.8. The zero-order valence-corrected chi connectivity index (χ0v) is 9.40. The molecule has 0 radical (unpaired) electrons. The number of rotatable bonds is 2. The normalized spacial score (nSPS) is 10.8. The molecule has 84 valence electrons. The van der Waals surface area contributed by atoms with Crippen molar-refractivity contribution in [2.24, 2.45) is 0 Å². The van der Waals surface area contributed by atoms with Gasteiger partial charge in [0.25, 0.3) is 0 Å². The fraction of sp³-hybridized carbons (Fsp3) is 0. The van der Waals surface area contributed by atoms with Crippen LogP contribution in [-0.4, -0.2) is 15.9 Å². The third-order valence-electron chi connectivity index (χ3n) is 2.39. The summed E-state index contributed by atoms with van der Waals surface area (Å²) < 4.78 is 5.03. The summed E-state index contributed by atoms with van der Waals surface area (Å²) in [5.41, 5.74) is 0. The van der Waals surface area contributed by atoms with E-state index in [0.717, 1.165) is 11.3 Å². The van der Waals surface area contributed by atoms with Crippen LogP contribution in [0.1, 0.15) is 15.4 Å². The molecule has 0 aliphatic heterocycles. The number of ketones is 1. The molecule has 4 nitrogen and oxygen atoms in total. The second kappa shape index (κ2) is 3.71. The molecule has 1 N–H and O–H groups in total. The Morgan fingerprint density at radius 3 is 2.94 bits per heavy atom. The minimum atomic E-state index is -0.324. The highest BCUT2D eigenvalue weighted by Crippen LogP contribution is 2.36. The number of nitrogens with zero attached hydrogens (tertiary/aromatic N) is 1. The Labute approximate surface area is 100 Å². The van der Waals surface area contributed by atoms with E-state index in [1.165, 1.54) is 6.26 Å². The molecule has 0 spiro atoms. The topological polar surface area (TPSA) is 63.3 Å². The zero-order valence-electron chi connectivity index (χ0n) is 8.58. The number of aromatic hydroxyl groups is 1. The summed E-state index contributed by atoms with van der Waals surface area (Å²) in [4.78, 5) is 17.0. The first-order valence-corrected chi connectivity index (χ1v) is 5.73. The fourth-order valence-electron chi connectivity index (χ4n) is 1.59. The lowest BCUT2D eigenvalue weighted by Crippen LogP contribution is -1.96. The van der Waals surface area contributed by atoms with Crippen LogP contribution in [0.25, 0.3) is 10.2 Å². The summed E-state index contributed by atoms with van der Waals surface area (Å²) in [6, 6.07) is 6.65. The van der Waals surface area contributed by atoms with Crippen LogP contribution < -0.4 is 0 Å². The van der Waals surface area contributed by atoms with Gasteiger partial charge in [-0.1, -0.05) is 0 Å². The molecule has 0 saturated heterocycles. The Morgan fingerprint density at radius 2 is 2.24 bits per heavy atom. The highest BCUT2D eigenvalue weighted by atomic mass is 32.1. The van der Waals surface area contributed by atoms with Crippen LogP contribution in [0.15, 0.2) is 41.1 Å². The molecular weight excluding hydrogens is 238 g/mol. The lowest BCUT2D eigenvalue weighted by molar-refractivity contribution is 0.101. The maximum absolute atomic E-state index is 12.0. The minimum absolute atomic E-state index is 0.0282. The molecule has 3 heterocycles. The van der Waals surface area contributed by atoms with Gasteiger partial charge in [0.05, 0.1) is 11.6 Å². The van der Waals surface area contributed by atoms with Gasteiger partial charge in [-0.3, -0.25) is 4.79 Å². The predicted octanol–water partition coefficient (Wildman–Crippen LogP) is 2.83. The summed E-state index contributed by atoms with van der Waals surface area (Å²) in [6.45, 7) is 0. The van der Waals surface area contributed by atoms with Gasteiger partial charge in [0, 0.05) is 6.20 Å². The van der Waals surface area contributed by atoms with Crippen molar-refractivity contribution in [1.29, 1.82) is 0 Å². The molecule has 0 unspecified atom stereocenters. The van der Waals surface area contributed by atoms with Crippen LogP contribution >= 0.6 is 11.3 Å². The summed E-state index contributed by atoms with van der Waals surface area (Å²) in [6.07, 6.45) is 3.05. The minimum Gasteiger partial charge on any atom is -0.506 e. The summed E-state index contributed by atoms with van der Waals surface area (Å²) in [5.74, 6) is -0.137. The highest BCUT2D eigenvalue weighted by Gasteiger charge is 2.21. The molecule has 0 aromatic carbocycles. The fourth-order valence-corrected chi connectivity index (χ4v) is 2.57. The van der Waals surface area contributed by atoms with Gasteiger partial charge in [0.1, 0.15) is 15.5 Å². The molecule has 0 fully saturated rings. The van der Waals surface area contributed by atoms with Crippen molar-refractivity contribution in [2.45, 2.75) is 0 Å². The van der Waals surface area contributed by atoms with Gasteiger partial charge >= 0.3 is 0 Å². The van der Waals surface area contributed by atoms with Crippen LogP contribution in [0.5, 0.6) is 5.75 Å². The largest absolute Gasteiger partial charge is 0.506 e. The van der Waals surface area contributed by atoms with E-state index >= 15 is 0 Å². The Bertz CT molecular complexity index is 685. The Kier molecular flexibility index (Phi) is 2.19. The number of pyridine rings is 1. The van der Waals surface area contributed by atoms with Gasteiger partial charge < -0.3 is 9.52 Å². The van der Waals surface area contributed by atoms with Crippen LogP contribution in [0.2, 0.25) is 0 Å². The highest BCUT2D eigenvalue weighted by molar-refractivity contribution is 7.21. The summed E-state index contributed by atoms with van der Waals surface area (Å²) >= 11 is 1.16. The number of fused-ring (bicyclic) bond motifs is 1. The number of carbonyl (C=O) groups is 1. The van der Waals surface area contributed by atoms with E-state index in [1.807, 2.05) is 0 Å². The van der Waals surface area contributed by atoms with Crippen molar-refractivity contribution in [2.75, 3.05) is 0 Å². The first kappa shape index (κ1) is 10.0. The van der Waals surface area contributed by atoms with Crippen molar-refractivity contribution < 1.29 is 14.3 Å². The van der Waals surface area contributed by atoms with Crippen LogP contribution in [0.4, 0.5) is 0 Å². The van der Waals surface area contributed by atoms with E-state index in [9.17, 15) is 9.90 Å². The van der Waals surface area contributed by atoms with Crippen LogP contribution in [-0.2, 0) is 0 Å². The summed E-state index contributed by atoms with van der Waals surface area (Å²) in [5, 5.41) is 10.6. The van der Waals surface area contributed by atoms with Crippen LogP contribution in [0.3, 0.4) is 0 Å². The number of carbonyl (C=O) groups excluding carboxylic acids is 1. The third kappa shape index (κ3) is 1.52. The standard InChI is InChI=1S/C12H7NO3S/c14-9-7-3-1-5-13-12(7)17-11(9)10(15)8-4-2-6-16-8/h1-6,14H. The van der Waals surface area contributed by atoms with Gasteiger partial charge in [-0.25, -0.2) is 4.98 Å². The Balaban J connectivity index is 2.18. The van der Waals surface area contributed by atoms with E-state index < -0.39 is 0 Å². The second-order valence-electron chi connectivity index (χ2n) is 3.44. The monoisotopic (exact) mass is 245 g/mol. The van der Waals surface area contributed by atoms with E-state index in [0.29, 0.717) is 10.2 Å². The van der Waals surface area contributed by atoms with E-state index in [2.05, 4.69) is 4.98 Å². The number of furan rings is 1. The van der Waals surface area contributed by atoms with E-state index in [1.54, 1.807) is 30.5 Å². The van der Waals surface area contributed by atoms with Crippen molar-refractivity contribution in [3.8, 4) is 5.75 Å². The molecular formula is C12H7NO3S. The molecule has 0 bridgehead atoms. The maximum Gasteiger partial charge on any atom is 0.241 e. The van der Waals surface area contributed by atoms with Crippen molar-refractivity contribution in [1.82, 2.24) is 4.98 Å². The Hall–Kier alpha value is -2.14. The van der Waals surface area contributed by atoms with E-state index in [4.69, 9.17) is 4.42 Å². The quantitative estimate of drug-likeness (QED) is 0.705. The lowest BCUT2D eigenvalue weighted by Gasteiger charge is -1.93. The first-order valence-electron chi connectivity index (χ1n) is 4.92. The molecule has 3 aromatic heterocycles. The summed E-state index contributed by atoms with van der Waals surface area (Å²) in [7, 11) is 0. The molecule has 0 aliphatic rings. The van der Waals surface area contributed by atoms with Crippen molar-refractivity contribution in [3.05, 3.63) is 47.4 Å². The van der Waals surface area contributed by atoms with Gasteiger partial charge in [-0.05, 0) is 24.3 Å². The average Bonchev–Trinajstić information content (AvgIpc) is 2.97. The number of thiophene rings is 1. The molecule has 0 aliphatic carbocycles. The Morgan fingerprint density at radius 1 is 1.35 bits per heavy atom. The van der Waals surface area contributed by atoms with Gasteiger partial charge in [0.2, 0.25) is 5.78 Å². The number of hydrogen-bond donors (Lipinski definition) is 1. The van der Waals surface area contributed by atoms with E-state index in [-0.39, 0.29) is 22.2 Å². The molecule has 5 heteroatoms. The number of aromatic nitrogens is 1. The molecule has 3 rings (SSSR count). The van der Waals surface area contributed by atoms with Gasteiger partial charge in [-0.15, -0.1) is 11.3 Å². The molecule has 0 saturated carbocycles.